The maximum atomic E-state index is 11.8. The number of likely N-dealkylation sites (tertiary alicyclic amines) is 1. The van der Waals surface area contributed by atoms with Crippen molar-refractivity contribution >= 4 is 11.8 Å². The number of nitrogens with zero attached hydrogens (tertiary/aromatic N) is 1. The van der Waals surface area contributed by atoms with Gasteiger partial charge >= 0.3 is 0 Å². The molecule has 0 radical (unpaired) electrons. The highest BCUT2D eigenvalue weighted by Crippen LogP contribution is 2.28. The molecule has 0 aromatic heterocycles. The molecular weight excluding hydrogens is 288 g/mol. The van der Waals surface area contributed by atoms with E-state index in [1.807, 2.05) is 0 Å². The van der Waals surface area contributed by atoms with Gasteiger partial charge < -0.3 is 4.90 Å². The predicted octanol–water partition coefficient (Wildman–Crippen LogP) is 2.48. The third kappa shape index (κ3) is 3.99. The van der Waals surface area contributed by atoms with E-state index in [4.69, 9.17) is 0 Å². The lowest BCUT2D eigenvalue weighted by atomic mass is 9.87. The maximum absolute atomic E-state index is 11.8. The SMILES string of the molecule is CCN1CCC(c2ccc(CC3CCC(=O)NC3=O)cc2)CC1. The summed E-state index contributed by atoms with van der Waals surface area (Å²) < 4.78 is 0. The van der Waals surface area contributed by atoms with Gasteiger partial charge in [0.1, 0.15) is 0 Å². The molecule has 4 nitrogen and oxygen atoms in total. The van der Waals surface area contributed by atoms with Gasteiger partial charge in [-0.2, -0.15) is 0 Å². The molecule has 2 aliphatic heterocycles. The Hall–Kier alpha value is -1.68. The Morgan fingerprint density at radius 1 is 1.09 bits per heavy atom. The number of hydrogen-bond donors (Lipinski definition) is 1. The Kier molecular flexibility index (Phi) is 5.11. The summed E-state index contributed by atoms with van der Waals surface area (Å²) in [5.41, 5.74) is 2.61. The van der Waals surface area contributed by atoms with Crippen LogP contribution in [0.4, 0.5) is 0 Å². The molecule has 23 heavy (non-hydrogen) atoms. The molecule has 0 spiro atoms. The lowest BCUT2D eigenvalue weighted by Gasteiger charge is -2.31. The number of imide groups is 1. The fraction of sp³-hybridized carbons (Fsp3) is 0.579. The van der Waals surface area contributed by atoms with Gasteiger partial charge in [-0.3, -0.25) is 14.9 Å². The molecule has 0 bridgehead atoms. The fourth-order valence-electron chi connectivity index (χ4n) is 3.73. The van der Waals surface area contributed by atoms with Crippen molar-refractivity contribution in [2.45, 2.75) is 44.9 Å². The first-order valence-electron chi connectivity index (χ1n) is 8.80. The van der Waals surface area contributed by atoms with Crippen LogP contribution >= 0.6 is 0 Å². The number of carbonyl (C=O) groups is 2. The van der Waals surface area contributed by atoms with Gasteiger partial charge in [0.25, 0.3) is 0 Å². The molecule has 1 N–H and O–H groups in total. The van der Waals surface area contributed by atoms with Gasteiger partial charge in [0, 0.05) is 12.3 Å². The number of carbonyl (C=O) groups excluding carboxylic acids is 2. The van der Waals surface area contributed by atoms with Crippen LogP contribution in [0.15, 0.2) is 24.3 Å². The first-order chi connectivity index (χ1) is 11.2. The summed E-state index contributed by atoms with van der Waals surface area (Å²) in [5.74, 6) is 0.353. The predicted molar refractivity (Wildman–Crippen MR) is 90.1 cm³/mol. The van der Waals surface area contributed by atoms with Crippen LogP contribution in [0.1, 0.15) is 49.7 Å². The fourth-order valence-corrected chi connectivity index (χ4v) is 3.73. The third-order valence-electron chi connectivity index (χ3n) is 5.32. The van der Waals surface area contributed by atoms with Gasteiger partial charge in [0.2, 0.25) is 11.8 Å². The van der Waals surface area contributed by atoms with Crippen molar-refractivity contribution in [3.8, 4) is 0 Å². The second-order valence-electron chi connectivity index (χ2n) is 6.80. The van der Waals surface area contributed by atoms with Crippen LogP contribution in [0, 0.1) is 5.92 Å². The normalized spacial score (nSPS) is 23.8. The minimum atomic E-state index is -0.139. The van der Waals surface area contributed by atoms with E-state index in [1.165, 1.54) is 37.1 Å². The zero-order valence-corrected chi connectivity index (χ0v) is 13.9. The molecule has 2 aliphatic rings. The van der Waals surface area contributed by atoms with Crippen LogP contribution in [-0.2, 0) is 16.0 Å². The summed E-state index contributed by atoms with van der Waals surface area (Å²) in [6.45, 7) is 5.76. The number of amides is 2. The molecule has 2 heterocycles. The molecule has 2 fully saturated rings. The molecule has 1 aromatic carbocycles. The molecule has 124 valence electrons. The Balaban J connectivity index is 1.57. The van der Waals surface area contributed by atoms with E-state index in [9.17, 15) is 9.59 Å². The zero-order valence-electron chi connectivity index (χ0n) is 13.9. The number of rotatable bonds is 4. The number of hydrogen-bond acceptors (Lipinski definition) is 3. The zero-order chi connectivity index (χ0) is 16.2. The van der Waals surface area contributed by atoms with Gasteiger partial charge in [0.05, 0.1) is 0 Å². The van der Waals surface area contributed by atoms with Gasteiger partial charge in [-0.25, -0.2) is 0 Å². The molecule has 2 amide bonds. The second-order valence-corrected chi connectivity index (χ2v) is 6.80. The van der Waals surface area contributed by atoms with Crippen LogP contribution in [0.2, 0.25) is 0 Å². The maximum Gasteiger partial charge on any atom is 0.230 e. The van der Waals surface area contributed by atoms with E-state index in [2.05, 4.69) is 41.4 Å². The average Bonchev–Trinajstić information content (AvgIpc) is 2.58. The molecule has 0 aliphatic carbocycles. The van der Waals surface area contributed by atoms with E-state index >= 15 is 0 Å². The second kappa shape index (κ2) is 7.26. The first-order valence-corrected chi connectivity index (χ1v) is 8.80. The standard InChI is InChI=1S/C19H26N2O2/c1-2-21-11-9-16(10-12-21)15-5-3-14(4-6-15)13-17-7-8-18(22)20-19(17)23/h3-6,16-17H,2,7-13H2,1H3,(H,20,22,23). The Morgan fingerprint density at radius 3 is 2.39 bits per heavy atom. The van der Waals surface area contributed by atoms with Crippen molar-refractivity contribution in [1.82, 2.24) is 10.2 Å². The van der Waals surface area contributed by atoms with Crippen LogP contribution in [-0.4, -0.2) is 36.3 Å². The molecule has 1 aromatic rings. The topological polar surface area (TPSA) is 49.4 Å². The molecular formula is C19H26N2O2. The number of piperidine rings is 2. The average molecular weight is 314 g/mol. The minimum Gasteiger partial charge on any atom is -0.304 e. The highest BCUT2D eigenvalue weighted by molar-refractivity contribution is 5.98. The summed E-state index contributed by atoms with van der Waals surface area (Å²) in [6.07, 6.45) is 4.33. The van der Waals surface area contributed by atoms with Crippen molar-refractivity contribution in [1.29, 1.82) is 0 Å². The molecule has 2 saturated heterocycles. The van der Waals surface area contributed by atoms with Crippen molar-refractivity contribution < 1.29 is 9.59 Å². The number of nitrogens with one attached hydrogen (secondary N) is 1. The van der Waals surface area contributed by atoms with Crippen LogP contribution in [0.3, 0.4) is 0 Å². The molecule has 1 unspecified atom stereocenters. The minimum absolute atomic E-state index is 0.0636. The summed E-state index contributed by atoms with van der Waals surface area (Å²) in [7, 11) is 0. The van der Waals surface area contributed by atoms with E-state index in [1.54, 1.807) is 0 Å². The quantitative estimate of drug-likeness (QED) is 0.869. The summed E-state index contributed by atoms with van der Waals surface area (Å²) in [4.78, 5) is 25.6. The number of benzene rings is 1. The van der Waals surface area contributed by atoms with Gasteiger partial charge in [0.15, 0.2) is 0 Å². The highest BCUT2D eigenvalue weighted by atomic mass is 16.2. The molecule has 1 atom stereocenters. The van der Waals surface area contributed by atoms with Gasteiger partial charge in [-0.05, 0) is 62.4 Å². The Bertz CT molecular complexity index is 559. The third-order valence-corrected chi connectivity index (χ3v) is 5.32. The smallest absolute Gasteiger partial charge is 0.230 e. The van der Waals surface area contributed by atoms with Crippen molar-refractivity contribution in [3.05, 3.63) is 35.4 Å². The van der Waals surface area contributed by atoms with E-state index in [0.717, 1.165) is 13.0 Å². The van der Waals surface area contributed by atoms with Crippen LogP contribution in [0.5, 0.6) is 0 Å². The molecule has 4 heteroatoms. The van der Waals surface area contributed by atoms with Gasteiger partial charge in [-0.1, -0.05) is 31.2 Å². The summed E-state index contributed by atoms with van der Waals surface area (Å²) in [6, 6.07) is 8.78. The molecule has 3 rings (SSSR count). The van der Waals surface area contributed by atoms with Crippen LogP contribution < -0.4 is 5.32 Å². The van der Waals surface area contributed by atoms with Crippen molar-refractivity contribution in [2.24, 2.45) is 5.92 Å². The highest BCUT2D eigenvalue weighted by Gasteiger charge is 2.26. The van der Waals surface area contributed by atoms with Crippen molar-refractivity contribution in [3.63, 3.8) is 0 Å². The summed E-state index contributed by atoms with van der Waals surface area (Å²) >= 11 is 0. The summed E-state index contributed by atoms with van der Waals surface area (Å²) in [5, 5.41) is 2.44. The lowest BCUT2D eigenvalue weighted by molar-refractivity contribution is -0.136. The van der Waals surface area contributed by atoms with Crippen LogP contribution in [0.25, 0.3) is 0 Å². The Morgan fingerprint density at radius 2 is 1.78 bits per heavy atom. The lowest BCUT2D eigenvalue weighted by Crippen LogP contribution is -2.41. The first kappa shape index (κ1) is 16.2. The van der Waals surface area contributed by atoms with Gasteiger partial charge in [-0.15, -0.1) is 0 Å². The monoisotopic (exact) mass is 314 g/mol. The molecule has 0 saturated carbocycles. The van der Waals surface area contributed by atoms with Crippen molar-refractivity contribution in [2.75, 3.05) is 19.6 Å². The van der Waals surface area contributed by atoms with E-state index < -0.39 is 0 Å². The largest absolute Gasteiger partial charge is 0.304 e. The Labute approximate surface area is 138 Å². The van der Waals surface area contributed by atoms with E-state index in [0.29, 0.717) is 18.8 Å². The van der Waals surface area contributed by atoms with E-state index in [-0.39, 0.29) is 17.7 Å².